The predicted molar refractivity (Wildman–Crippen MR) is 143 cm³/mol. The molecule has 37 heavy (non-hydrogen) atoms. The van der Waals surface area contributed by atoms with Crippen molar-refractivity contribution in [3.8, 4) is 0 Å². The minimum Gasteiger partial charge on any atom is -0.370 e. The van der Waals surface area contributed by atoms with Gasteiger partial charge in [0.2, 0.25) is 15.9 Å². The molecule has 200 valence electrons. The van der Waals surface area contributed by atoms with Crippen molar-refractivity contribution in [3.63, 3.8) is 0 Å². The number of rotatable bonds is 10. The van der Waals surface area contributed by atoms with E-state index >= 15 is 0 Å². The van der Waals surface area contributed by atoms with Crippen molar-refractivity contribution in [1.82, 2.24) is 9.21 Å². The first-order valence-electron chi connectivity index (χ1n) is 12.2. The number of carbonyl (C=O) groups is 2. The van der Waals surface area contributed by atoms with Crippen molar-refractivity contribution in [3.05, 3.63) is 69.7 Å². The normalized spacial score (nSPS) is 23.3. The zero-order chi connectivity index (χ0) is 26.9. The minimum absolute atomic E-state index is 0.108. The van der Waals surface area contributed by atoms with Gasteiger partial charge in [0.25, 0.3) is 5.91 Å². The van der Waals surface area contributed by atoms with Crippen LogP contribution in [0.2, 0.25) is 10.0 Å². The lowest BCUT2D eigenvalue weighted by Crippen LogP contribution is -2.57. The van der Waals surface area contributed by atoms with Crippen molar-refractivity contribution in [1.29, 1.82) is 0 Å². The highest BCUT2D eigenvalue weighted by Crippen LogP contribution is 2.45. The minimum atomic E-state index is -3.46. The van der Waals surface area contributed by atoms with Gasteiger partial charge in [-0.15, -0.1) is 0 Å². The van der Waals surface area contributed by atoms with Crippen molar-refractivity contribution in [2.24, 2.45) is 5.73 Å². The molecule has 1 saturated carbocycles. The fraction of sp³-hybridized carbons (Fsp3) is 0.462. The number of morpholine rings is 1. The molecular weight excluding hydrogens is 537 g/mol. The van der Waals surface area contributed by atoms with Gasteiger partial charge in [-0.1, -0.05) is 54.4 Å². The van der Waals surface area contributed by atoms with Gasteiger partial charge < -0.3 is 15.4 Å². The molecule has 2 N–H and O–H groups in total. The monoisotopic (exact) mass is 567 g/mol. The van der Waals surface area contributed by atoms with E-state index < -0.39 is 46.1 Å². The molecule has 4 atom stereocenters. The van der Waals surface area contributed by atoms with Crippen LogP contribution in [0, 0.1) is 0 Å². The summed E-state index contributed by atoms with van der Waals surface area (Å²) in [6, 6.07) is 13.1. The summed E-state index contributed by atoms with van der Waals surface area (Å²) in [5.41, 5.74) is 6.95. The third kappa shape index (κ3) is 6.12. The number of nitrogens with zero attached hydrogens (tertiary/aromatic N) is 2. The van der Waals surface area contributed by atoms with Gasteiger partial charge in [-0.3, -0.25) is 9.59 Å². The van der Waals surface area contributed by atoms with Crippen LogP contribution in [0.25, 0.3) is 0 Å². The highest BCUT2D eigenvalue weighted by Gasteiger charge is 2.48. The molecule has 4 rings (SSSR count). The third-order valence-electron chi connectivity index (χ3n) is 6.92. The summed E-state index contributed by atoms with van der Waals surface area (Å²) in [4.78, 5) is 27.5. The first-order valence-corrected chi connectivity index (χ1v) is 14.5. The lowest BCUT2D eigenvalue weighted by molar-refractivity contribution is -0.181. The van der Waals surface area contributed by atoms with Gasteiger partial charge in [0.05, 0.1) is 17.7 Å². The summed E-state index contributed by atoms with van der Waals surface area (Å²) in [6.07, 6.45) is -0.348. The predicted octanol–water partition coefficient (Wildman–Crippen LogP) is 4.08. The molecule has 0 spiro atoms. The Hall–Kier alpha value is -2.17. The number of benzene rings is 2. The maximum absolute atomic E-state index is 13.9. The van der Waals surface area contributed by atoms with Crippen molar-refractivity contribution in [2.75, 3.05) is 13.6 Å². The molecule has 0 aromatic heterocycles. The zero-order valence-corrected chi connectivity index (χ0v) is 23.0. The highest BCUT2D eigenvalue weighted by molar-refractivity contribution is 7.90. The van der Waals surface area contributed by atoms with Gasteiger partial charge in [0.1, 0.15) is 12.2 Å². The van der Waals surface area contributed by atoms with Crippen molar-refractivity contribution < 1.29 is 22.7 Å². The first-order chi connectivity index (χ1) is 17.5. The summed E-state index contributed by atoms with van der Waals surface area (Å²) in [7, 11) is -1.91. The van der Waals surface area contributed by atoms with E-state index in [1.165, 1.54) is 4.31 Å². The summed E-state index contributed by atoms with van der Waals surface area (Å²) in [6.45, 7) is 2.01. The van der Waals surface area contributed by atoms with Gasteiger partial charge in [-0.05, 0) is 54.7 Å². The Morgan fingerprint density at radius 1 is 1.14 bits per heavy atom. The number of primary amides is 1. The third-order valence-corrected chi connectivity index (χ3v) is 9.73. The second-order valence-electron chi connectivity index (χ2n) is 9.60. The topological polar surface area (TPSA) is 110 Å². The number of sulfonamides is 1. The number of hydrogen-bond acceptors (Lipinski definition) is 5. The number of halogens is 2. The number of likely N-dealkylation sites (N-methyl/N-ethyl adjacent to an activating group) is 1. The zero-order valence-electron chi connectivity index (χ0n) is 20.7. The SMILES string of the molecule is CC[C@@H](CN(C)S(=O)(=O)C1CC1)N1C(=O)[C@@H](CC(N)=O)O[C@H](c2cccc(Cl)c2)[C@H]1c1ccc(Cl)cc1. The molecule has 0 bridgehead atoms. The average Bonchev–Trinajstić information content (AvgIpc) is 3.70. The summed E-state index contributed by atoms with van der Waals surface area (Å²) in [5, 5.41) is 0.656. The molecule has 2 amide bonds. The maximum atomic E-state index is 13.9. The molecule has 8 nitrogen and oxygen atoms in total. The molecular formula is C26H31Cl2N3O5S. The maximum Gasteiger partial charge on any atom is 0.253 e. The second kappa shape index (κ2) is 11.3. The number of nitrogens with two attached hydrogens (primary N) is 1. The molecule has 2 aromatic carbocycles. The van der Waals surface area contributed by atoms with Crippen LogP contribution in [0.4, 0.5) is 0 Å². The molecule has 1 heterocycles. The van der Waals surface area contributed by atoms with Crippen LogP contribution < -0.4 is 5.73 Å². The van der Waals surface area contributed by atoms with Crippen LogP contribution >= 0.6 is 23.2 Å². The van der Waals surface area contributed by atoms with Crippen LogP contribution in [-0.2, 0) is 24.3 Å². The fourth-order valence-electron chi connectivity index (χ4n) is 4.86. The molecule has 2 aromatic rings. The Bertz CT molecular complexity index is 1250. The van der Waals surface area contributed by atoms with Gasteiger partial charge in [0.15, 0.2) is 0 Å². The van der Waals surface area contributed by atoms with Crippen LogP contribution in [0.1, 0.15) is 55.9 Å². The Kier molecular flexibility index (Phi) is 8.50. The van der Waals surface area contributed by atoms with Gasteiger partial charge >= 0.3 is 0 Å². The Morgan fingerprint density at radius 3 is 2.38 bits per heavy atom. The summed E-state index contributed by atoms with van der Waals surface area (Å²) >= 11 is 12.5. The average molecular weight is 569 g/mol. The molecule has 2 fully saturated rings. The Morgan fingerprint density at radius 2 is 1.81 bits per heavy atom. The van der Waals surface area contributed by atoms with Crippen LogP contribution in [0.5, 0.6) is 0 Å². The van der Waals surface area contributed by atoms with E-state index in [2.05, 4.69) is 0 Å². The van der Waals surface area contributed by atoms with E-state index in [0.29, 0.717) is 34.9 Å². The van der Waals surface area contributed by atoms with Crippen molar-refractivity contribution in [2.45, 2.75) is 62.1 Å². The smallest absolute Gasteiger partial charge is 0.253 e. The van der Waals surface area contributed by atoms with Gasteiger partial charge in [-0.2, -0.15) is 0 Å². The largest absolute Gasteiger partial charge is 0.370 e. The molecule has 0 unspecified atom stereocenters. The van der Waals surface area contributed by atoms with Gasteiger partial charge in [-0.25, -0.2) is 12.7 Å². The van der Waals surface area contributed by atoms with E-state index in [9.17, 15) is 18.0 Å². The lowest BCUT2D eigenvalue weighted by Gasteiger charge is -2.48. The van der Waals surface area contributed by atoms with Crippen molar-refractivity contribution >= 4 is 45.0 Å². The molecule has 11 heteroatoms. The molecule has 2 aliphatic rings. The van der Waals surface area contributed by atoms with E-state index in [4.69, 9.17) is 33.7 Å². The van der Waals surface area contributed by atoms with Gasteiger partial charge in [0, 0.05) is 29.7 Å². The Labute approximate surface area is 227 Å². The summed E-state index contributed by atoms with van der Waals surface area (Å²) in [5.74, 6) is -1.09. The standard InChI is InChI=1S/C26H31Cl2N3O5S/c1-3-20(15-30(2)37(34,35)21-11-12-21)31-24(16-7-9-18(27)10-8-16)25(17-5-4-6-19(28)13-17)36-22(26(31)33)14-23(29)32/h4-10,13,20-22,24-25H,3,11-12,14-15H2,1-2H3,(H2,29,32)/t20-,22+,24+,25+/m0/s1. The van der Waals surface area contributed by atoms with E-state index in [1.807, 2.05) is 25.1 Å². The van der Waals surface area contributed by atoms with Crippen LogP contribution in [0.15, 0.2) is 48.5 Å². The quantitative estimate of drug-likeness (QED) is 0.465. The number of ether oxygens (including phenoxy) is 1. The molecule has 1 aliphatic carbocycles. The Balaban J connectivity index is 1.81. The van der Waals surface area contributed by atoms with E-state index in [1.54, 1.807) is 42.3 Å². The lowest BCUT2D eigenvalue weighted by atomic mass is 9.89. The van der Waals surface area contributed by atoms with E-state index in [0.717, 1.165) is 5.56 Å². The second-order valence-corrected chi connectivity index (χ2v) is 12.8. The highest BCUT2D eigenvalue weighted by atomic mass is 35.5. The molecule has 1 aliphatic heterocycles. The number of amides is 2. The summed E-state index contributed by atoms with van der Waals surface area (Å²) < 4.78 is 33.5. The van der Waals surface area contributed by atoms with E-state index in [-0.39, 0.29) is 18.2 Å². The molecule has 1 saturated heterocycles. The first kappa shape index (κ1) is 27.9. The van der Waals surface area contributed by atoms with Crippen LogP contribution in [-0.4, -0.2) is 60.4 Å². The molecule has 0 radical (unpaired) electrons. The number of hydrogen-bond donors (Lipinski definition) is 1. The fourth-order valence-corrected chi connectivity index (χ4v) is 6.80. The number of carbonyl (C=O) groups excluding carboxylic acids is 2. The van der Waals surface area contributed by atoms with Crippen LogP contribution in [0.3, 0.4) is 0 Å².